The maximum absolute atomic E-state index is 14.3. The molecule has 2 aromatic heterocycles. The Morgan fingerprint density at radius 1 is 0.977 bits per heavy atom. The van der Waals surface area contributed by atoms with Crippen LogP contribution in [-0.4, -0.2) is 41.1 Å². The van der Waals surface area contributed by atoms with Crippen molar-refractivity contribution >= 4 is 23.4 Å². The van der Waals surface area contributed by atoms with E-state index in [0.717, 1.165) is 22.6 Å². The van der Waals surface area contributed by atoms with Crippen molar-refractivity contribution in [1.82, 2.24) is 14.3 Å². The maximum atomic E-state index is 14.3. The van der Waals surface area contributed by atoms with Crippen LogP contribution >= 0.6 is 11.3 Å². The number of hydrogen-bond acceptors (Lipinski definition) is 8. The fraction of sp³-hybridized carbons (Fsp3) is 0.176. The van der Waals surface area contributed by atoms with Crippen LogP contribution in [0.15, 0.2) is 106 Å². The fourth-order valence-corrected chi connectivity index (χ4v) is 6.34. The van der Waals surface area contributed by atoms with Crippen molar-refractivity contribution in [2.24, 2.45) is 4.99 Å². The third-order valence-corrected chi connectivity index (χ3v) is 8.35. The molecule has 0 aliphatic carbocycles. The molecule has 9 nitrogen and oxygen atoms in total. The zero-order chi connectivity index (χ0) is 30.8. The number of ether oxygens (including phenoxy) is 3. The smallest absolute Gasteiger partial charge is 0.338 e. The monoisotopic (exact) mass is 606 g/mol. The first-order valence-electron chi connectivity index (χ1n) is 14.1. The number of fused-ring (bicyclic) bond motifs is 1. The third-order valence-electron chi connectivity index (χ3n) is 7.36. The Kier molecular flexibility index (Phi) is 7.99. The Morgan fingerprint density at radius 2 is 1.70 bits per heavy atom. The van der Waals surface area contributed by atoms with Crippen molar-refractivity contribution in [3.05, 3.63) is 127 Å². The highest BCUT2D eigenvalue weighted by molar-refractivity contribution is 7.07. The predicted molar refractivity (Wildman–Crippen MR) is 169 cm³/mol. The molecule has 0 amide bonds. The number of nitrogens with zero attached hydrogens (tertiary/aromatic N) is 4. The van der Waals surface area contributed by atoms with Gasteiger partial charge in [-0.25, -0.2) is 14.5 Å². The van der Waals surface area contributed by atoms with Crippen LogP contribution in [0, 0.1) is 0 Å². The minimum atomic E-state index is -0.781. The number of rotatable bonds is 8. The van der Waals surface area contributed by atoms with Gasteiger partial charge in [-0.3, -0.25) is 9.36 Å². The minimum absolute atomic E-state index is 0.193. The van der Waals surface area contributed by atoms with Gasteiger partial charge in [0, 0.05) is 22.9 Å². The van der Waals surface area contributed by atoms with Gasteiger partial charge in [0.05, 0.1) is 42.3 Å². The molecule has 5 aromatic rings. The Morgan fingerprint density at radius 3 is 2.41 bits per heavy atom. The molecule has 1 atom stereocenters. The molecule has 1 unspecified atom stereocenters. The average Bonchev–Trinajstić information content (AvgIpc) is 3.61. The first kappa shape index (κ1) is 28.9. The van der Waals surface area contributed by atoms with Gasteiger partial charge in [-0.1, -0.05) is 47.7 Å². The topological polar surface area (TPSA) is 96.9 Å². The van der Waals surface area contributed by atoms with Gasteiger partial charge in [-0.05, 0) is 62.4 Å². The van der Waals surface area contributed by atoms with Crippen molar-refractivity contribution in [1.29, 1.82) is 0 Å². The molecule has 3 heterocycles. The summed E-state index contributed by atoms with van der Waals surface area (Å²) in [7, 11) is 3.19. The number of carbonyl (C=O) groups is 1. The lowest BCUT2D eigenvalue weighted by molar-refractivity contribution is -0.139. The Labute approximate surface area is 257 Å². The van der Waals surface area contributed by atoms with E-state index in [1.54, 1.807) is 37.3 Å². The SMILES string of the molecule is CCOC(=O)C1=C(C)N=c2s/c(=C\c3cn(-c4ccccc4)nc3-c3ccc(OC)cc3)c(=O)n2C1c1ccccc1OC. The van der Waals surface area contributed by atoms with Crippen LogP contribution in [0.25, 0.3) is 23.0 Å². The van der Waals surface area contributed by atoms with Crippen LogP contribution in [0.3, 0.4) is 0 Å². The second-order valence-corrected chi connectivity index (χ2v) is 11.0. The summed E-state index contributed by atoms with van der Waals surface area (Å²) >= 11 is 1.26. The molecule has 44 heavy (non-hydrogen) atoms. The summed E-state index contributed by atoms with van der Waals surface area (Å²) in [6.07, 6.45) is 3.73. The standard InChI is InChI=1S/C34H30N4O5S/c1-5-43-33(40)29-21(2)35-34-38(31(29)26-13-9-10-14-27(26)42-4)32(39)28(44-34)19-23-20-37(24-11-7-6-8-12-24)36-30(23)22-15-17-25(41-3)18-16-22/h6-20,31H,5H2,1-4H3/b28-19-. The molecule has 6 rings (SSSR count). The van der Waals surface area contributed by atoms with Crippen LogP contribution in [0.2, 0.25) is 0 Å². The fourth-order valence-electron chi connectivity index (χ4n) is 5.30. The minimum Gasteiger partial charge on any atom is -0.497 e. The molecule has 0 saturated carbocycles. The molecule has 1 aliphatic rings. The number of allylic oxidation sites excluding steroid dienone is 1. The van der Waals surface area contributed by atoms with Gasteiger partial charge in [0.15, 0.2) is 4.80 Å². The van der Waals surface area contributed by atoms with E-state index in [2.05, 4.69) is 0 Å². The van der Waals surface area contributed by atoms with E-state index in [1.807, 2.05) is 91.1 Å². The molecule has 0 spiro atoms. The van der Waals surface area contributed by atoms with Crippen LogP contribution in [0.5, 0.6) is 11.5 Å². The highest BCUT2D eigenvalue weighted by Crippen LogP contribution is 2.35. The number of aromatic nitrogens is 3. The number of carbonyl (C=O) groups excluding carboxylic acids is 1. The number of methoxy groups -OCH3 is 2. The third kappa shape index (κ3) is 5.24. The normalized spacial score (nSPS) is 14.6. The van der Waals surface area contributed by atoms with Gasteiger partial charge in [0.2, 0.25) is 0 Å². The molecule has 1 aliphatic heterocycles. The summed E-state index contributed by atoms with van der Waals surface area (Å²) in [6, 6.07) is 24.0. The van der Waals surface area contributed by atoms with Crippen molar-refractivity contribution in [3.63, 3.8) is 0 Å². The lowest BCUT2D eigenvalue weighted by Crippen LogP contribution is -2.40. The van der Waals surface area contributed by atoms with Crippen molar-refractivity contribution in [3.8, 4) is 28.4 Å². The van der Waals surface area contributed by atoms with E-state index in [-0.39, 0.29) is 12.2 Å². The van der Waals surface area contributed by atoms with Gasteiger partial charge in [0.1, 0.15) is 23.2 Å². The molecule has 10 heteroatoms. The number of hydrogen-bond donors (Lipinski definition) is 0. The summed E-state index contributed by atoms with van der Waals surface area (Å²) in [6.45, 7) is 3.70. The number of benzene rings is 3. The van der Waals surface area contributed by atoms with Gasteiger partial charge in [-0.2, -0.15) is 5.10 Å². The molecule has 0 saturated heterocycles. The molecule has 0 N–H and O–H groups in total. The first-order chi connectivity index (χ1) is 21.4. The summed E-state index contributed by atoms with van der Waals surface area (Å²) in [5.74, 6) is 0.759. The molecule has 0 radical (unpaired) electrons. The second kappa shape index (κ2) is 12.2. The highest BCUT2D eigenvalue weighted by atomic mass is 32.1. The lowest BCUT2D eigenvalue weighted by Gasteiger charge is -2.25. The van der Waals surface area contributed by atoms with E-state index in [9.17, 15) is 9.59 Å². The van der Waals surface area contributed by atoms with Crippen LogP contribution in [-0.2, 0) is 9.53 Å². The van der Waals surface area contributed by atoms with Crippen molar-refractivity contribution in [2.75, 3.05) is 20.8 Å². The zero-order valence-corrected chi connectivity index (χ0v) is 25.5. The van der Waals surface area contributed by atoms with Gasteiger partial charge < -0.3 is 14.2 Å². The number of para-hydroxylation sites is 2. The van der Waals surface area contributed by atoms with Crippen LogP contribution in [0.1, 0.15) is 31.0 Å². The van der Waals surface area contributed by atoms with E-state index in [4.69, 9.17) is 24.3 Å². The summed E-state index contributed by atoms with van der Waals surface area (Å²) < 4.78 is 20.2. The Balaban J connectivity index is 1.57. The van der Waals surface area contributed by atoms with Gasteiger partial charge >= 0.3 is 5.97 Å². The molecule has 3 aromatic carbocycles. The van der Waals surface area contributed by atoms with E-state index < -0.39 is 12.0 Å². The number of thiazole rings is 1. The first-order valence-corrected chi connectivity index (χ1v) is 14.9. The van der Waals surface area contributed by atoms with E-state index in [0.29, 0.717) is 37.6 Å². The molecule has 222 valence electrons. The molecule has 0 fully saturated rings. The van der Waals surface area contributed by atoms with Crippen molar-refractivity contribution in [2.45, 2.75) is 19.9 Å². The quantitative estimate of drug-likeness (QED) is 0.238. The average molecular weight is 607 g/mol. The lowest BCUT2D eigenvalue weighted by atomic mass is 9.95. The second-order valence-electron chi connectivity index (χ2n) is 9.99. The predicted octanol–water partition coefficient (Wildman–Crippen LogP) is 4.67. The van der Waals surface area contributed by atoms with Crippen LogP contribution < -0.4 is 24.4 Å². The molecule has 0 bridgehead atoms. The van der Waals surface area contributed by atoms with Crippen molar-refractivity contribution < 1.29 is 19.0 Å². The summed E-state index contributed by atoms with van der Waals surface area (Å²) in [5.41, 5.74) is 4.37. The van der Waals surface area contributed by atoms with Gasteiger partial charge in [0.25, 0.3) is 5.56 Å². The largest absolute Gasteiger partial charge is 0.497 e. The summed E-state index contributed by atoms with van der Waals surface area (Å²) in [4.78, 5) is 32.7. The van der Waals surface area contributed by atoms with Crippen LogP contribution in [0.4, 0.5) is 0 Å². The summed E-state index contributed by atoms with van der Waals surface area (Å²) in [5, 5.41) is 4.90. The molecular weight excluding hydrogens is 576 g/mol. The van der Waals surface area contributed by atoms with E-state index in [1.165, 1.54) is 11.3 Å². The van der Waals surface area contributed by atoms with Gasteiger partial charge in [-0.15, -0.1) is 0 Å². The number of esters is 1. The molecular formula is C34H30N4O5S. The Hall–Kier alpha value is -5.22. The Bertz CT molecular complexity index is 2060. The zero-order valence-electron chi connectivity index (χ0n) is 24.7. The highest BCUT2D eigenvalue weighted by Gasteiger charge is 2.35. The van der Waals surface area contributed by atoms with E-state index >= 15 is 0 Å². The maximum Gasteiger partial charge on any atom is 0.338 e.